The van der Waals surface area contributed by atoms with E-state index < -0.39 is 0 Å². The lowest BCUT2D eigenvalue weighted by molar-refractivity contribution is 0.115. The van der Waals surface area contributed by atoms with Gasteiger partial charge in [0.2, 0.25) is 11.7 Å². The molecule has 144 valence electrons. The number of pyridine rings is 1. The summed E-state index contributed by atoms with van der Waals surface area (Å²) < 4.78 is 5.66. The summed E-state index contributed by atoms with van der Waals surface area (Å²) in [6, 6.07) is 16.0. The molecule has 1 aromatic carbocycles. The van der Waals surface area contributed by atoms with Gasteiger partial charge in [0, 0.05) is 36.0 Å². The number of fused-ring (bicyclic) bond motifs is 2. The molecule has 0 saturated carbocycles. The number of rotatable bonds is 6. The van der Waals surface area contributed by atoms with E-state index in [-0.39, 0.29) is 0 Å². The molecule has 5 rings (SSSR count). The Hall–Kier alpha value is -2.53. The summed E-state index contributed by atoms with van der Waals surface area (Å²) in [7, 11) is 0. The first-order chi connectivity index (χ1) is 13.9. The van der Waals surface area contributed by atoms with Crippen molar-refractivity contribution in [2.45, 2.75) is 56.5 Å². The van der Waals surface area contributed by atoms with E-state index in [1.165, 1.54) is 37.8 Å². The van der Waals surface area contributed by atoms with Gasteiger partial charge in [-0.2, -0.15) is 4.98 Å². The van der Waals surface area contributed by atoms with Crippen molar-refractivity contribution in [3.05, 3.63) is 66.3 Å². The molecule has 4 heterocycles. The Morgan fingerprint density at radius 3 is 2.46 bits per heavy atom. The third-order valence-electron chi connectivity index (χ3n) is 6.34. The first kappa shape index (κ1) is 17.6. The smallest absolute Gasteiger partial charge is 0.230 e. The van der Waals surface area contributed by atoms with E-state index in [4.69, 9.17) is 9.51 Å². The molecular formula is C23H26N4O. The molecule has 0 aliphatic carbocycles. The van der Waals surface area contributed by atoms with Crippen molar-refractivity contribution in [2.75, 3.05) is 6.54 Å². The van der Waals surface area contributed by atoms with E-state index >= 15 is 0 Å². The molecular weight excluding hydrogens is 348 g/mol. The zero-order valence-electron chi connectivity index (χ0n) is 16.1. The third-order valence-corrected chi connectivity index (χ3v) is 6.34. The zero-order chi connectivity index (χ0) is 18.8. The van der Waals surface area contributed by atoms with Gasteiger partial charge < -0.3 is 4.52 Å². The molecule has 5 nitrogen and oxygen atoms in total. The van der Waals surface area contributed by atoms with Gasteiger partial charge in [-0.25, -0.2) is 0 Å². The van der Waals surface area contributed by atoms with Crippen LogP contribution in [0.25, 0.3) is 11.4 Å². The number of aryl methyl sites for hydroxylation is 1. The summed E-state index contributed by atoms with van der Waals surface area (Å²) in [5.41, 5.74) is 2.41. The SMILES string of the molecule is c1ccc(CCCN2[C@@H]3CC[C@H]2CC(c2nc(-c4ccncc4)no2)C3)cc1. The number of hydrogen-bond acceptors (Lipinski definition) is 5. The molecule has 2 fully saturated rings. The second-order valence-electron chi connectivity index (χ2n) is 8.07. The van der Waals surface area contributed by atoms with Crippen molar-refractivity contribution in [1.82, 2.24) is 20.0 Å². The fourth-order valence-corrected chi connectivity index (χ4v) is 4.97. The van der Waals surface area contributed by atoms with Crippen LogP contribution in [0, 0.1) is 0 Å². The van der Waals surface area contributed by atoms with Gasteiger partial charge in [-0.3, -0.25) is 9.88 Å². The van der Waals surface area contributed by atoms with Crippen LogP contribution in [0.4, 0.5) is 0 Å². The highest BCUT2D eigenvalue weighted by Gasteiger charge is 2.42. The number of hydrogen-bond donors (Lipinski definition) is 0. The average molecular weight is 374 g/mol. The summed E-state index contributed by atoms with van der Waals surface area (Å²) in [4.78, 5) is 11.5. The number of benzene rings is 1. The first-order valence-electron chi connectivity index (χ1n) is 10.4. The summed E-state index contributed by atoms with van der Waals surface area (Å²) in [6.07, 6.45) is 10.8. The summed E-state index contributed by atoms with van der Waals surface area (Å²) in [6.45, 7) is 1.20. The van der Waals surface area contributed by atoms with Gasteiger partial charge in [0.1, 0.15) is 0 Å². The predicted octanol–water partition coefficient (Wildman–Crippen LogP) is 4.47. The Kier molecular flexibility index (Phi) is 4.92. The second-order valence-corrected chi connectivity index (χ2v) is 8.07. The topological polar surface area (TPSA) is 55.1 Å². The molecule has 2 aliphatic heterocycles. The van der Waals surface area contributed by atoms with Gasteiger partial charge in [0.25, 0.3) is 0 Å². The quantitative estimate of drug-likeness (QED) is 0.637. The molecule has 3 atom stereocenters. The number of piperidine rings is 1. The van der Waals surface area contributed by atoms with E-state index in [0.29, 0.717) is 23.8 Å². The van der Waals surface area contributed by atoms with Gasteiger partial charge >= 0.3 is 0 Å². The van der Waals surface area contributed by atoms with E-state index in [0.717, 1.165) is 24.3 Å². The van der Waals surface area contributed by atoms with Crippen LogP contribution < -0.4 is 0 Å². The lowest BCUT2D eigenvalue weighted by Gasteiger charge is -2.37. The maximum absolute atomic E-state index is 5.66. The molecule has 0 radical (unpaired) electrons. The highest BCUT2D eigenvalue weighted by atomic mass is 16.5. The Morgan fingerprint density at radius 2 is 1.71 bits per heavy atom. The van der Waals surface area contributed by atoms with Crippen molar-refractivity contribution in [3.63, 3.8) is 0 Å². The minimum absolute atomic E-state index is 0.394. The van der Waals surface area contributed by atoms with Gasteiger partial charge in [-0.05, 0) is 62.8 Å². The van der Waals surface area contributed by atoms with E-state index in [2.05, 4.69) is 45.4 Å². The average Bonchev–Trinajstić information content (AvgIpc) is 3.32. The normalized spacial score (nSPS) is 24.5. The van der Waals surface area contributed by atoms with Crippen LogP contribution in [0.1, 0.15) is 49.5 Å². The Bertz CT molecular complexity index is 881. The third kappa shape index (κ3) is 3.59. The van der Waals surface area contributed by atoms with Crippen molar-refractivity contribution in [3.8, 4) is 11.4 Å². The maximum atomic E-state index is 5.66. The lowest BCUT2D eigenvalue weighted by atomic mass is 9.90. The van der Waals surface area contributed by atoms with Gasteiger partial charge in [-0.1, -0.05) is 35.5 Å². The Morgan fingerprint density at radius 1 is 0.964 bits per heavy atom. The van der Waals surface area contributed by atoms with Crippen molar-refractivity contribution in [2.24, 2.45) is 0 Å². The lowest BCUT2D eigenvalue weighted by Crippen LogP contribution is -2.42. The van der Waals surface area contributed by atoms with Crippen LogP contribution in [0.2, 0.25) is 0 Å². The van der Waals surface area contributed by atoms with Crippen LogP contribution in [-0.4, -0.2) is 38.7 Å². The predicted molar refractivity (Wildman–Crippen MR) is 108 cm³/mol. The Labute approximate surface area is 165 Å². The molecule has 3 aromatic rings. The van der Waals surface area contributed by atoms with Crippen LogP contribution in [0.15, 0.2) is 59.4 Å². The highest BCUT2D eigenvalue weighted by molar-refractivity contribution is 5.52. The zero-order valence-corrected chi connectivity index (χ0v) is 16.1. The highest BCUT2D eigenvalue weighted by Crippen LogP contribution is 2.42. The summed E-state index contributed by atoms with van der Waals surface area (Å²) >= 11 is 0. The number of nitrogens with zero attached hydrogens (tertiary/aromatic N) is 4. The van der Waals surface area contributed by atoms with Crippen LogP contribution in [-0.2, 0) is 6.42 Å². The van der Waals surface area contributed by atoms with Crippen LogP contribution in [0.3, 0.4) is 0 Å². The molecule has 0 N–H and O–H groups in total. The fourth-order valence-electron chi connectivity index (χ4n) is 4.97. The largest absolute Gasteiger partial charge is 0.339 e. The molecule has 5 heteroatoms. The molecule has 28 heavy (non-hydrogen) atoms. The summed E-state index contributed by atoms with van der Waals surface area (Å²) in [5, 5.41) is 4.21. The first-order valence-corrected chi connectivity index (χ1v) is 10.4. The van der Waals surface area contributed by atoms with E-state index in [1.54, 1.807) is 12.4 Å². The van der Waals surface area contributed by atoms with Gasteiger partial charge in [0.05, 0.1) is 0 Å². The minimum Gasteiger partial charge on any atom is -0.339 e. The monoisotopic (exact) mass is 374 g/mol. The van der Waals surface area contributed by atoms with E-state index in [9.17, 15) is 0 Å². The molecule has 2 aromatic heterocycles. The van der Waals surface area contributed by atoms with Crippen molar-refractivity contribution < 1.29 is 4.52 Å². The van der Waals surface area contributed by atoms with Crippen molar-refractivity contribution in [1.29, 1.82) is 0 Å². The summed E-state index contributed by atoms with van der Waals surface area (Å²) in [5.74, 6) is 1.88. The molecule has 0 spiro atoms. The standard InChI is InChI=1S/C23H26N4O/c1-2-5-17(6-3-1)7-4-14-27-20-8-9-21(27)16-19(15-20)23-25-22(26-28-23)18-10-12-24-13-11-18/h1-3,5-6,10-13,19-21H,4,7-9,14-16H2/t19?,20-,21+. The maximum Gasteiger partial charge on any atom is 0.230 e. The Balaban J connectivity index is 1.20. The van der Waals surface area contributed by atoms with Crippen molar-refractivity contribution >= 4 is 0 Å². The van der Waals surface area contributed by atoms with Gasteiger partial charge in [0.15, 0.2) is 0 Å². The molecule has 0 amide bonds. The molecule has 2 aliphatic rings. The molecule has 2 saturated heterocycles. The van der Waals surface area contributed by atoms with Crippen LogP contribution >= 0.6 is 0 Å². The number of aromatic nitrogens is 3. The minimum atomic E-state index is 0.394. The molecule has 2 bridgehead atoms. The van der Waals surface area contributed by atoms with Gasteiger partial charge in [-0.15, -0.1) is 0 Å². The van der Waals surface area contributed by atoms with Crippen LogP contribution in [0.5, 0.6) is 0 Å². The fraction of sp³-hybridized carbons (Fsp3) is 0.435. The molecule has 1 unspecified atom stereocenters. The second kappa shape index (κ2) is 7.84. The van der Waals surface area contributed by atoms with E-state index in [1.807, 2.05) is 12.1 Å².